The average molecular weight is 533 g/mol. The van der Waals surface area contributed by atoms with Crippen molar-refractivity contribution in [3.8, 4) is 0 Å². The molecule has 3 aromatic rings. The number of ether oxygens (including phenoxy) is 3. The molecule has 39 heavy (non-hydrogen) atoms. The number of hydrazone groups is 2. The van der Waals surface area contributed by atoms with E-state index in [1.807, 2.05) is 37.3 Å². The van der Waals surface area contributed by atoms with Crippen molar-refractivity contribution < 1.29 is 28.6 Å². The summed E-state index contributed by atoms with van der Waals surface area (Å²) in [6.07, 6.45) is 2.76. The Labute approximate surface area is 224 Å². The minimum atomic E-state index is -1.02. The SMILES string of the molecule is Cc1nc(COC2=NN3C(=NNC3(C)c3cc(COC4CCCCO4)on3)c3ccccc32)ccc1C(=O)O. The number of rotatable bonds is 7. The first kappa shape index (κ1) is 25.0. The predicted octanol–water partition coefficient (Wildman–Crippen LogP) is 3.45. The molecule has 0 aliphatic carbocycles. The molecule has 2 atom stereocenters. The van der Waals surface area contributed by atoms with Gasteiger partial charge in [0.25, 0.3) is 0 Å². The van der Waals surface area contributed by atoms with Crippen LogP contribution in [0.4, 0.5) is 0 Å². The Hall–Kier alpha value is -4.29. The van der Waals surface area contributed by atoms with Crippen molar-refractivity contribution in [1.82, 2.24) is 20.6 Å². The number of nitrogens with one attached hydrogen (secondary N) is 1. The first-order valence-electron chi connectivity index (χ1n) is 12.8. The van der Waals surface area contributed by atoms with Crippen LogP contribution < -0.4 is 5.43 Å². The number of hydrogen-bond donors (Lipinski definition) is 2. The van der Waals surface area contributed by atoms with Gasteiger partial charge in [0.15, 0.2) is 23.5 Å². The van der Waals surface area contributed by atoms with Crippen LogP contribution in [0.1, 0.15) is 70.5 Å². The Kier molecular flexibility index (Phi) is 6.49. The number of aryl methyl sites for hydroxylation is 1. The van der Waals surface area contributed by atoms with Crippen molar-refractivity contribution in [2.75, 3.05) is 6.61 Å². The van der Waals surface area contributed by atoms with Crippen LogP contribution in [0.2, 0.25) is 0 Å². The second kappa shape index (κ2) is 10.1. The summed E-state index contributed by atoms with van der Waals surface area (Å²) in [4.78, 5) is 15.7. The Morgan fingerprint density at radius 1 is 1.21 bits per heavy atom. The van der Waals surface area contributed by atoms with Gasteiger partial charge in [0, 0.05) is 23.8 Å². The highest BCUT2D eigenvalue weighted by molar-refractivity contribution is 6.13. The number of aromatic nitrogens is 2. The fourth-order valence-corrected chi connectivity index (χ4v) is 4.76. The molecule has 0 spiro atoms. The van der Waals surface area contributed by atoms with E-state index in [0.717, 1.165) is 30.4 Å². The van der Waals surface area contributed by atoms with Crippen molar-refractivity contribution in [2.24, 2.45) is 10.2 Å². The Morgan fingerprint density at radius 2 is 2.05 bits per heavy atom. The van der Waals surface area contributed by atoms with Crippen molar-refractivity contribution in [3.05, 3.63) is 82.0 Å². The molecule has 0 radical (unpaired) electrons. The van der Waals surface area contributed by atoms with Gasteiger partial charge in [-0.25, -0.2) is 9.80 Å². The van der Waals surface area contributed by atoms with Gasteiger partial charge >= 0.3 is 5.97 Å². The van der Waals surface area contributed by atoms with E-state index in [9.17, 15) is 9.90 Å². The van der Waals surface area contributed by atoms with Gasteiger partial charge in [-0.05, 0) is 51.3 Å². The summed E-state index contributed by atoms with van der Waals surface area (Å²) in [6, 6.07) is 12.7. The summed E-state index contributed by atoms with van der Waals surface area (Å²) in [5, 5.41) is 24.7. The smallest absolute Gasteiger partial charge is 0.337 e. The maximum atomic E-state index is 11.3. The van der Waals surface area contributed by atoms with Gasteiger partial charge in [0.1, 0.15) is 18.9 Å². The fourth-order valence-electron chi connectivity index (χ4n) is 4.76. The van der Waals surface area contributed by atoms with Crippen LogP contribution in [0.5, 0.6) is 0 Å². The van der Waals surface area contributed by atoms with E-state index < -0.39 is 11.6 Å². The fraction of sp³-hybridized carbons (Fsp3) is 0.370. The molecule has 5 heterocycles. The van der Waals surface area contributed by atoms with Crippen molar-refractivity contribution in [2.45, 2.75) is 58.3 Å². The largest absolute Gasteiger partial charge is 0.478 e. The lowest BCUT2D eigenvalue weighted by molar-refractivity contribution is -0.171. The van der Waals surface area contributed by atoms with Crippen LogP contribution in [0.3, 0.4) is 0 Å². The lowest BCUT2D eigenvalue weighted by atomic mass is 10.0. The summed E-state index contributed by atoms with van der Waals surface area (Å²) >= 11 is 0. The topological polar surface area (TPSA) is 144 Å². The minimum Gasteiger partial charge on any atom is -0.478 e. The molecule has 1 aromatic carbocycles. The third-order valence-corrected chi connectivity index (χ3v) is 6.93. The Morgan fingerprint density at radius 3 is 2.82 bits per heavy atom. The highest BCUT2D eigenvalue weighted by atomic mass is 16.7. The van der Waals surface area contributed by atoms with Crippen molar-refractivity contribution in [3.63, 3.8) is 0 Å². The van der Waals surface area contributed by atoms with Gasteiger partial charge in [-0.2, -0.15) is 5.10 Å². The molecule has 2 unspecified atom stereocenters. The molecular formula is C27H28N6O6. The summed E-state index contributed by atoms with van der Waals surface area (Å²) in [5.41, 5.74) is 5.57. The van der Waals surface area contributed by atoms with E-state index in [1.54, 1.807) is 18.0 Å². The molecule has 3 aliphatic heterocycles. The van der Waals surface area contributed by atoms with E-state index in [4.69, 9.17) is 23.8 Å². The molecule has 1 fully saturated rings. The highest BCUT2D eigenvalue weighted by Crippen LogP contribution is 2.35. The van der Waals surface area contributed by atoms with Gasteiger partial charge < -0.3 is 23.8 Å². The first-order chi connectivity index (χ1) is 18.9. The molecule has 0 bridgehead atoms. The molecule has 3 aliphatic rings. The maximum Gasteiger partial charge on any atom is 0.337 e. The van der Waals surface area contributed by atoms with Crippen LogP contribution in [-0.4, -0.2) is 50.9 Å². The van der Waals surface area contributed by atoms with Gasteiger partial charge in [0.2, 0.25) is 5.90 Å². The molecule has 202 valence electrons. The van der Waals surface area contributed by atoms with Crippen molar-refractivity contribution in [1.29, 1.82) is 0 Å². The number of pyridine rings is 1. The standard InChI is InChI=1S/C27H28N6O6/c1-16-19(26(34)35)11-10-17(28-16)14-38-25-21-8-4-3-7-20(21)24-29-32-27(2,33(24)30-25)22-13-18(39-31-22)15-37-23-9-5-6-12-36-23/h3-4,7-8,10-11,13,23,32H,5-6,9,12,14-15H2,1-2H3,(H,34,35). The number of carboxylic acid groups (broad SMARTS) is 1. The quantitative estimate of drug-likeness (QED) is 0.464. The molecule has 12 heteroatoms. The minimum absolute atomic E-state index is 0.104. The van der Waals surface area contributed by atoms with Crippen LogP contribution in [-0.2, 0) is 33.1 Å². The molecule has 1 saturated heterocycles. The zero-order valence-electron chi connectivity index (χ0n) is 21.6. The molecule has 6 rings (SSSR count). The van der Waals surface area contributed by atoms with Gasteiger partial charge in [-0.3, -0.25) is 10.4 Å². The summed E-state index contributed by atoms with van der Waals surface area (Å²) in [7, 11) is 0. The van der Waals surface area contributed by atoms with Gasteiger partial charge in [-0.15, -0.1) is 5.10 Å². The summed E-state index contributed by atoms with van der Waals surface area (Å²) < 4.78 is 23.2. The number of nitrogens with zero attached hydrogens (tertiary/aromatic N) is 5. The third-order valence-electron chi connectivity index (χ3n) is 6.93. The van der Waals surface area contributed by atoms with E-state index in [2.05, 4.69) is 20.7 Å². The monoisotopic (exact) mass is 532 g/mol. The van der Waals surface area contributed by atoms with E-state index in [0.29, 0.717) is 41.2 Å². The molecule has 0 saturated carbocycles. The van der Waals surface area contributed by atoms with E-state index >= 15 is 0 Å². The second-order valence-electron chi connectivity index (χ2n) is 9.70. The van der Waals surface area contributed by atoms with Crippen LogP contribution in [0.25, 0.3) is 0 Å². The average Bonchev–Trinajstić information content (AvgIpc) is 3.57. The van der Waals surface area contributed by atoms with Gasteiger partial charge in [-0.1, -0.05) is 23.4 Å². The van der Waals surface area contributed by atoms with Crippen LogP contribution in [0, 0.1) is 6.92 Å². The molecule has 0 amide bonds. The highest BCUT2D eigenvalue weighted by Gasteiger charge is 2.47. The number of carbonyl (C=O) groups is 1. The number of aromatic carboxylic acids is 1. The number of benzene rings is 1. The third kappa shape index (κ3) is 4.72. The zero-order chi connectivity index (χ0) is 27.0. The molecule has 12 nitrogen and oxygen atoms in total. The lowest BCUT2D eigenvalue weighted by Gasteiger charge is -2.33. The number of amidine groups is 1. The zero-order valence-corrected chi connectivity index (χ0v) is 21.6. The van der Waals surface area contributed by atoms with Gasteiger partial charge in [0.05, 0.1) is 17.0 Å². The number of hydrogen-bond acceptors (Lipinski definition) is 11. The molecule has 2 aromatic heterocycles. The molecular weight excluding hydrogens is 504 g/mol. The summed E-state index contributed by atoms with van der Waals surface area (Å²) in [5.74, 6) is 0.551. The van der Waals surface area contributed by atoms with E-state index in [-0.39, 0.29) is 25.1 Å². The van der Waals surface area contributed by atoms with Crippen molar-refractivity contribution >= 4 is 17.7 Å². The van der Waals surface area contributed by atoms with E-state index in [1.165, 1.54) is 6.07 Å². The predicted molar refractivity (Wildman–Crippen MR) is 137 cm³/mol. The summed E-state index contributed by atoms with van der Waals surface area (Å²) in [6.45, 7) is 4.61. The Bertz CT molecular complexity index is 1460. The maximum absolute atomic E-state index is 11.3. The molecule has 2 N–H and O–H groups in total. The second-order valence-corrected chi connectivity index (χ2v) is 9.70. The normalized spacial score (nSPS) is 21.9. The lowest BCUT2D eigenvalue weighted by Crippen LogP contribution is -2.48. The number of fused-ring (bicyclic) bond motifs is 3. The van der Waals surface area contributed by atoms with Crippen LogP contribution in [0.15, 0.2) is 57.2 Å². The first-order valence-corrected chi connectivity index (χ1v) is 12.8. The number of carboxylic acids is 1. The van der Waals surface area contributed by atoms with Crippen LogP contribution >= 0.6 is 0 Å². The Balaban J connectivity index is 1.23.